The van der Waals surface area contributed by atoms with Crippen LogP contribution in [0.4, 0.5) is 0 Å². The van der Waals surface area contributed by atoms with E-state index in [0.717, 1.165) is 25.8 Å². The fraction of sp³-hybridized carbons (Fsp3) is 0.818. The van der Waals surface area contributed by atoms with Crippen molar-refractivity contribution in [2.45, 2.75) is 31.7 Å². The third-order valence-corrected chi connectivity index (χ3v) is 3.53. The monoisotopic (exact) mass is 225 g/mol. The van der Waals surface area contributed by atoms with Crippen molar-refractivity contribution in [2.24, 2.45) is 11.7 Å². The lowest BCUT2D eigenvalue weighted by molar-refractivity contribution is -0.131. The van der Waals surface area contributed by atoms with Gasteiger partial charge in [-0.1, -0.05) is 0 Å². The first-order chi connectivity index (χ1) is 7.66. The van der Waals surface area contributed by atoms with Crippen LogP contribution in [-0.4, -0.2) is 42.4 Å². The minimum atomic E-state index is -0.283. The van der Waals surface area contributed by atoms with E-state index in [1.165, 1.54) is 0 Å². The zero-order chi connectivity index (χ0) is 11.5. The van der Waals surface area contributed by atoms with Gasteiger partial charge in [0.1, 0.15) is 0 Å². The molecule has 0 aromatic heterocycles. The van der Waals surface area contributed by atoms with E-state index < -0.39 is 0 Å². The second kappa shape index (κ2) is 4.82. The van der Waals surface area contributed by atoms with E-state index in [2.05, 4.69) is 5.32 Å². The van der Waals surface area contributed by atoms with Crippen molar-refractivity contribution in [3.8, 4) is 0 Å². The van der Waals surface area contributed by atoms with Gasteiger partial charge in [0.15, 0.2) is 0 Å². The van der Waals surface area contributed by atoms with Gasteiger partial charge in [0.25, 0.3) is 0 Å². The third-order valence-electron chi connectivity index (χ3n) is 3.53. The summed E-state index contributed by atoms with van der Waals surface area (Å²) in [7, 11) is 0. The molecule has 16 heavy (non-hydrogen) atoms. The molecule has 0 radical (unpaired) electrons. The smallest absolute Gasteiger partial charge is 0.224 e. The number of amides is 2. The van der Waals surface area contributed by atoms with E-state index in [1.54, 1.807) is 4.90 Å². The van der Waals surface area contributed by atoms with Crippen LogP contribution in [0.15, 0.2) is 0 Å². The van der Waals surface area contributed by atoms with Crippen LogP contribution in [0.2, 0.25) is 0 Å². The van der Waals surface area contributed by atoms with Gasteiger partial charge in [0, 0.05) is 25.6 Å². The molecule has 0 bridgehead atoms. The zero-order valence-electron chi connectivity index (χ0n) is 9.45. The Balaban J connectivity index is 1.79. The molecule has 2 heterocycles. The maximum absolute atomic E-state index is 11.9. The van der Waals surface area contributed by atoms with Crippen molar-refractivity contribution >= 4 is 11.8 Å². The number of nitrogens with two attached hydrogens (primary N) is 1. The molecule has 2 aliphatic heterocycles. The molecule has 2 fully saturated rings. The Kier molecular flexibility index (Phi) is 3.43. The number of rotatable bonds is 3. The number of nitrogens with one attached hydrogen (secondary N) is 1. The normalized spacial score (nSPS) is 29.6. The van der Waals surface area contributed by atoms with Crippen molar-refractivity contribution in [3.63, 3.8) is 0 Å². The van der Waals surface area contributed by atoms with Gasteiger partial charge < -0.3 is 16.0 Å². The maximum Gasteiger partial charge on any atom is 0.224 e. The maximum atomic E-state index is 11.9. The highest BCUT2D eigenvalue weighted by Gasteiger charge is 2.30. The van der Waals surface area contributed by atoms with Crippen molar-refractivity contribution in [3.05, 3.63) is 0 Å². The largest absolute Gasteiger partial charge is 0.369 e. The lowest BCUT2D eigenvalue weighted by Gasteiger charge is -2.18. The summed E-state index contributed by atoms with van der Waals surface area (Å²) in [5.41, 5.74) is 5.23. The highest BCUT2D eigenvalue weighted by atomic mass is 16.2. The molecule has 0 aromatic rings. The van der Waals surface area contributed by atoms with Crippen LogP contribution in [0.1, 0.15) is 25.7 Å². The highest BCUT2D eigenvalue weighted by molar-refractivity contribution is 5.81. The van der Waals surface area contributed by atoms with Crippen molar-refractivity contribution in [1.82, 2.24) is 10.2 Å². The molecule has 2 unspecified atom stereocenters. The summed E-state index contributed by atoms with van der Waals surface area (Å²) in [5.74, 6) is -0.266. The number of carbonyl (C=O) groups is 2. The molecule has 0 aromatic carbocycles. The number of likely N-dealkylation sites (tertiary alicyclic amines) is 1. The summed E-state index contributed by atoms with van der Waals surface area (Å²) in [6.45, 7) is 2.21. The van der Waals surface area contributed by atoms with Crippen LogP contribution >= 0.6 is 0 Å². The zero-order valence-corrected chi connectivity index (χ0v) is 9.45. The Labute approximate surface area is 95.3 Å². The predicted octanol–water partition coefficient (Wildman–Crippen LogP) is -0.538. The molecule has 5 heteroatoms. The predicted molar refractivity (Wildman–Crippen MR) is 59.5 cm³/mol. The quantitative estimate of drug-likeness (QED) is 0.677. The summed E-state index contributed by atoms with van der Waals surface area (Å²) < 4.78 is 0. The van der Waals surface area contributed by atoms with Crippen LogP contribution in [0.25, 0.3) is 0 Å². The van der Waals surface area contributed by atoms with E-state index in [9.17, 15) is 9.59 Å². The van der Waals surface area contributed by atoms with E-state index in [1.807, 2.05) is 0 Å². The van der Waals surface area contributed by atoms with Gasteiger partial charge in [-0.2, -0.15) is 0 Å². The number of primary amides is 1. The van der Waals surface area contributed by atoms with Gasteiger partial charge in [-0.15, -0.1) is 0 Å². The number of hydrogen-bond donors (Lipinski definition) is 2. The molecular weight excluding hydrogens is 206 g/mol. The average Bonchev–Trinajstić information content (AvgIpc) is 2.86. The van der Waals surface area contributed by atoms with Gasteiger partial charge >= 0.3 is 0 Å². The van der Waals surface area contributed by atoms with Gasteiger partial charge in [0.05, 0.1) is 5.92 Å². The third kappa shape index (κ3) is 2.52. The first kappa shape index (κ1) is 11.4. The summed E-state index contributed by atoms with van der Waals surface area (Å²) in [6.07, 6.45) is 3.52. The molecule has 0 spiro atoms. The number of nitrogens with zero attached hydrogens (tertiary/aromatic N) is 1. The van der Waals surface area contributed by atoms with Crippen LogP contribution in [-0.2, 0) is 9.59 Å². The Morgan fingerprint density at radius 3 is 2.75 bits per heavy atom. The summed E-state index contributed by atoms with van der Waals surface area (Å²) in [6, 6.07) is 0.333. The van der Waals surface area contributed by atoms with Gasteiger partial charge in [-0.05, 0) is 25.8 Å². The second-order valence-electron chi connectivity index (χ2n) is 4.73. The highest BCUT2D eigenvalue weighted by Crippen LogP contribution is 2.18. The Bertz CT molecular complexity index is 287. The van der Waals surface area contributed by atoms with Crippen molar-refractivity contribution < 1.29 is 9.59 Å². The first-order valence-electron chi connectivity index (χ1n) is 5.97. The Morgan fingerprint density at radius 2 is 2.19 bits per heavy atom. The van der Waals surface area contributed by atoms with Crippen LogP contribution in [0.3, 0.4) is 0 Å². The summed E-state index contributed by atoms with van der Waals surface area (Å²) in [5, 5.41) is 3.31. The van der Waals surface area contributed by atoms with Crippen molar-refractivity contribution in [1.29, 1.82) is 0 Å². The lowest BCUT2D eigenvalue weighted by Crippen LogP contribution is -2.35. The minimum Gasteiger partial charge on any atom is -0.369 e. The van der Waals surface area contributed by atoms with E-state index >= 15 is 0 Å². The molecule has 5 nitrogen and oxygen atoms in total. The van der Waals surface area contributed by atoms with Crippen LogP contribution in [0.5, 0.6) is 0 Å². The Hall–Kier alpha value is -1.10. The fourth-order valence-electron chi connectivity index (χ4n) is 2.49. The second-order valence-corrected chi connectivity index (χ2v) is 4.73. The number of carbonyl (C=O) groups excluding carboxylic acids is 2. The van der Waals surface area contributed by atoms with E-state index in [-0.39, 0.29) is 17.7 Å². The lowest BCUT2D eigenvalue weighted by atomic mass is 10.1. The molecule has 0 aliphatic carbocycles. The molecule has 3 N–H and O–H groups in total. The summed E-state index contributed by atoms with van der Waals surface area (Å²) >= 11 is 0. The van der Waals surface area contributed by atoms with E-state index in [0.29, 0.717) is 25.6 Å². The van der Waals surface area contributed by atoms with Crippen molar-refractivity contribution in [2.75, 3.05) is 19.6 Å². The molecule has 2 saturated heterocycles. The first-order valence-corrected chi connectivity index (χ1v) is 5.97. The van der Waals surface area contributed by atoms with Gasteiger partial charge in [-0.25, -0.2) is 0 Å². The topological polar surface area (TPSA) is 75.4 Å². The molecule has 2 atom stereocenters. The SMILES string of the molecule is NC(=O)C1CCN(C(=O)CC2CCCN2)C1. The fourth-order valence-corrected chi connectivity index (χ4v) is 2.49. The Morgan fingerprint density at radius 1 is 1.38 bits per heavy atom. The van der Waals surface area contributed by atoms with Crippen LogP contribution in [0, 0.1) is 5.92 Å². The minimum absolute atomic E-state index is 0.138. The molecular formula is C11H19N3O2. The number of hydrogen-bond acceptors (Lipinski definition) is 3. The summed E-state index contributed by atoms with van der Waals surface area (Å²) in [4.78, 5) is 24.7. The molecule has 90 valence electrons. The molecule has 0 saturated carbocycles. The molecule has 2 aliphatic rings. The molecule has 2 amide bonds. The standard InChI is InChI=1S/C11H19N3O2/c12-11(16)8-3-5-14(7-8)10(15)6-9-2-1-4-13-9/h8-9,13H,1-7H2,(H2,12,16). The van der Waals surface area contributed by atoms with Gasteiger partial charge in [0.2, 0.25) is 11.8 Å². The van der Waals surface area contributed by atoms with E-state index in [4.69, 9.17) is 5.73 Å². The van der Waals surface area contributed by atoms with Crippen LogP contribution < -0.4 is 11.1 Å². The van der Waals surface area contributed by atoms with Gasteiger partial charge in [-0.3, -0.25) is 9.59 Å². The average molecular weight is 225 g/mol. The molecule has 2 rings (SSSR count).